The number of nitrogens with zero attached hydrogens (tertiary/aromatic N) is 2. The van der Waals surface area contributed by atoms with Crippen LogP contribution in [0.2, 0.25) is 0 Å². The van der Waals surface area contributed by atoms with E-state index in [9.17, 15) is 19.5 Å². The van der Waals surface area contributed by atoms with Gasteiger partial charge in [-0.05, 0) is 28.5 Å². The third kappa shape index (κ3) is 6.06. The van der Waals surface area contributed by atoms with E-state index in [1.54, 1.807) is 0 Å². The normalized spacial score (nSPS) is 12.3. The van der Waals surface area contributed by atoms with Crippen LogP contribution in [0.15, 0.2) is 31.8 Å². The molecule has 0 saturated carbocycles. The van der Waals surface area contributed by atoms with Gasteiger partial charge >= 0.3 is 5.69 Å². The molecular weight excluding hydrogens is 406 g/mol. The Hall–Kier alpha value is -2.88. The number of phenolic OH excluding ortho intramolecular Hbond substituents is 1. The van der Waals surface area contributed by atoms with Gasteiger partial charge in [0.15, 0.2) is 5.03 Å². The monoisotopic (exact) mass is 433 g/mol. The van der Waals surface area contributed by atoms with E-state index in [1.807, 2.05) is 58.7 Å². The van der Waals surface area contributed by atoms with Crippen molar-refractivity contribution in [2.24, 2.45) is 5.10 Å². The second kappa shape index (κ2) is 8.86. The smallest absolute Gasteiger partial charge is 0.342 e. The molecule has 1 aromatic heterocycles. The fourth-order valence-electron chi connectivity index (χ4n) is 2.65. The van der Waals surface area contributed by atoms with Crippen LogP contribution in [0.1, 0.15) is 58.2 Å². The van der Waals surface area contributed by atoms with E-state index < -0.39 is 17.2 Å². The molecule has 10 heteroatoms. The molecular formula is C20H27N5O4S. The van der Waals surface area contributed by atoms with Crippen molar-refractivity contribution >= 4 is 23.9 Å². The van der Waals surface area contributed by atoms with Gasteiger partial charge < -0.3 is 5.11 Å². The lowest BCUT2D eigenvalue weighted by atomic mass is 9.78. The van der Waals surface area contributed by atoms with E-state index in [-0.39, 0.29) is 27.4 Å². The van der Waals surface area contributed by atoms with Crippen molar-refractivity contribution in [3.05, 3.63) is 49.7 Å². The number of carbonyl (C=O) groups is 1. The van der Waals surface area contributed by atoms with Crippen LogP contribution < -0.4 is 16.7 Å². The number of hydrazone groups is 1. The van der Waals surface area contributed by atoms with Crippen LogP contribution in [0.3, 0.4) is 0 Å². The molecule has 0 atom stereocenters. The number of carbonyl (C=O) groups excluding carboxylic acids is 1. The first-order valence-corrected chi connectivity index (χ1v) is 10.3. The Morgan fingerprint density at radius 2 is 1.73 bits per heavy atom. The first-order valence-electron chi connectivity index (χ1n) is 9.30. The maximum absolute atomic E-state index is 12.0. The maximum atomic E-state index is 12.0. The van der Waals surface area contributed by atoms with Crippen molar-refractivity contribution in [1.29, 1.82) is 0 Å². The molecule has 162 valence electrons. The Kier molecular flexibility index (Phi) is 6.91. The lowest BCUT2D eigenvalue weighted by Gasteiger charge is -2.27. The minimum Gasteiger partial charge on any atom is -0.507 e. The number of hydrogen-bond acceptors (Lipinski definition) is 7. The highest BCUT2D eigenvalue weighted by Crippen LogP contribution is 2.39. The molecule has 0 unspecified atom stereocenters. The number of hydrogen-bond donors (Lipinski definition) is 4. The molecule has 2 rings (SSSR count). The standard InChI is InChI=1S/C20H27N5O4S/c1-19(2,3)12-7-11(8-13(15(12)27)20(4,5)6)9-21-23-14(26)10-30-17-16(28)22-18(29)25-24-17/h7-9,27H,10H2,1-6H3,(H,23,26)(H2,22,25,28,29)/b21-9+. The van der Waals surface area contributed by atoms with Crippen molar-refractivity contribution in [2.75, 3.05) is 5.75 Å². The zero-order valence-electron chi connectivity index (χ0n) is 17.9. The number of aromatic hydroxyl groups is 1. The van der Waals surface area contributed by atoms with E-state index in [1.165, 1.54) is 6.21 Å². The number of aromatic nitrogens is 3. The van der Waals surface area contributed by atoms with E-state index >= 15 is 0 Å². The van der Waals surface area contributed by atoms with Crippen molar-refractivity contribution in [1.82, 2.24) is 20.6 Å². The van der Waals surface area contributed by atoms with Gasteiger partial charge in [-0.2, -0.15) is 10.2 Å². The van der Waals surface area contributed by atoms with Gasteiger partial charge in [-0.1, -0.05) is 53.3 Å². The summed E-state index contributed by atoms with van der Waals surface area (Å²) in [5.74, 6) is -0.268. The zero-order chi connectivity index (χ0) is 22.7. The zero-order valence-corrected chi connectivity index (χ0v) is 18.7. The molecule has 1 amide bonds. The first-order chi connectivity index (χ1) is 13.8. The third-order valence-corrected chi connectivity index (χ3v) is 5.13. The van der Waals surface area contributed by atoms with Gasteiger partial charge in [-0.3, -0.25) is 14.6 Å². The maximum Gasteiger partial charge on any atom is 0.342 e. The summed E-state index contributed by atoms with van der Waals surface area (Å²) in [6, 6.07) is 3.69. The van der Waals surface area contributed by atoms with Gasteiger partial charge in [-0.25, -0.2) is 15.3 Å². The van der Waals surface area contributed by atoms with E-state index in [4.69, 9.17) is 0 Å². The van der Waals surface area contributed by atoms with Gasteiger partial charge in [0.25, 0.3) is 5.56 Å². The molecule has 0 aliphatic heterocycles. The molecule has 0 aliphatic carbocycles. The minimum absolute atomic E-state index is 0.0168. The highest BCUT2D eigenvalue weighted by molar-refractivity contribution is 7.99. The third-order valence-electron chi connectivity index (χ3n) is 4.17. The molecule has 0 aliphatic rings. The van der Waals surface area contributed by atoms with E-state index in [0.29, 0.717) is 0 Å². The van der Waals surface area contributed by atoms with Crippen LogP contribution in [0, 0.1) is 0 Å². The molecule has 1 aromatic carbocycles. The van der Waals surface area contributed by atoms with E-state index in [0.717, 1.165) is 28.5 Å². The predicted octanol–water partition coefficient (Wildman–Crippen LogP) is 2.00. The lowest BCUT2D eigenvalue weighted by Crippen LogP contribution is -2.26. The summed E-state index contributed by atoms with van der Waals surface area (Å²) in [6.45, 7) is 12.1. The Balaban J connectivity index is 2.14. The van der Waals surface area contributed by atoms with Gasteiger partial charge in [0.2, 0.25) is 5.91 Å². The molecule has 0 bridgehead atoms. The van der Waals surface area contributed by atoms with Gasteiger partial charge in [-0.15, -0.1) is 0 Å². The summed E-state index contributed by atoms with van der Waals surface area (Å²) in [6.07, 6.45) is 1.51. The van der Waals surface area contributed by atoms with Crippen LogP contribution in [-0.4, -0.2) is 38.2 Å². The number of nitrogens with one attached hydrogen (secondary N) is 3. The average molecular weight is 434 g/mol. The first kappa shape index (κ1) is 23.4. The number of amides is 1. The minimum atomic E-state index is -0.712. The Labute approximate surface area is 178 Å². The number of aromatic amines is 2. The summed E-state index contributed by atoms with van der Waals surface area (Å²) >= 11 is 0.880. The van der Waals surface area contributed by atoms with Crippen LogP contribution in [0.4, 0.5) is 0 Å². The summed E-state index contributed by atoms with van der Waals surface area (Å²) in [5.41, 5.74) is 2.81. The molecule has 2 aromatic rings. The molecule has 9 nitrogen and oxygen atoms in total. The molecule has 0 spiro atoms. The summed E-state index contributed by atoms with van der Waals surface area (Å²) in [7, 11) is 0. The highest BCUT2D eigenvalue weighted by Gasteiger charge is 2.26. The topological polar surface area (TPSA) is 140 Å². The quantitative estimate of drug-likeness (QED) is 0.323. The van der Waals surface area contributed by atoms with Crippen LogP contribution in [0.25, 0.3) is 0 Å². The number of benzene rings is 1. The Morgan fingerprint density at radius 3 is 2.23 bits per heavy atom. The molecule has 4 N–H and O–H groups in total. The summed E-state index contributed by atoms with van der Waals surface area (Å²) in [4.78, 5) is 36.5. The van der Waals surface area contributed by atoms with Crippen LogP contribution in [-0.2, 0) is 15.6 Å². The number of thioether (sulfide) groups is 1. The fourth-order valence-corrected chi connectivity index (χ4v) is 3.28. The average Bonchev–Trinajstić information content (AvgIpc) is 2.60. The highest BCUT2D eigenvalue weighted by atomic mass is 32.2. The Bertz CT molecular complexity index is 1040. The summed E-state index contributed by atoms with van der Waals surface area (Å²) < 4.78 is 0. The fraction of sp³-hybridized carbons (Fsp3) is 0.450. The molecule has 0 saturated heterocycles. The van der Waals surface area contributed by atoms with E-state index in [2.05, 4.69) is 20.7 Å². The lowest BCUT2D eigenvalue weighted by molar-refractivity contribution is -0.118. The molecule has 30 heavy (non-hydrogen) atoms. The molecule has 0 radical (unpaired) electrons. The number of H-pyrrole nitrogens is 2. The molecule has 1 heterocycles. The molecule has 0 fully saturated rings. The van der Waals surface area contributed by atoms with Gasteiger partial charge in [0.05, 0.1) is 12.0 Å². The van der Waals surface area contributed by atoms with Gasteiger partial charge in [0.1, 0.15) is 5.75 Å². The summed E-state index contributed by atoms with van der Waals surface area (Å²) in [5, 5.41) is 20.4. The number of rotatable bonds is 5. The predicted molar refractivity (Wildman–Crippen MR) is 117 cm³/mol. The van der Waals surface area contributed by atoms with Gasteiger partial charge in [0, 0.05) is 11.1 Å². The van der Waals surface area contributed by atoms with Crippen LogP contribution >= 0.6 is 11.8 Å². The second-order valence-electron chi connectivity index (χ2n) is 8.86. The van der Waals surface area contributed by atoms with Crippen molar-refractivity contribution < 1.29 is 9.90 Å². The van der Waals surface area contributed by atoms with Crippen molar-refractivity contribution in [3.8, 4) is 5.75 Å². The van der Waals surface area contributed by atoms with Crippen molar-refractivity contribution in [2.45, 2.75) is 57.4 Å². The number of phenols is 1. The SMILES string of the molecule is CC(C)(C)c1cc(/C=N/NC(=O)CSc2n[nH]c(=O)[nH]c2=O)cc(C(C)(C)C)c1O. The van der Waals surface area contributed by atoms with Crippen LogP contribution in [0.5, 0.6) is 5.75 Å². The second-order valence-corrected chi connectivity index (χ2v) is 9.82. The largest absolute Gasteiger partial charge is 0.507 e. The Morgan fingerprint density at radius 1 is 1.17 bits per heavy atom. The van der Waals surface area contributed by atoms with Crippen molar-refractivity contribution in [3.63, 3.8) is 0 Å².